The number of methoxy groups -OCH3 is 1. The monoisotopic (exact) mass is 374 g/mol. The number of Topliss-reactive ketones (excluding diaryl/α,β-unsaturated/α-hetero) is 1. The van der Waals surface area contributed by atoms with Crippen LogP contribution in [0.25, 0.3) is 0 Å². The molecule has 0 bridgehead atoms. The normalized spacial score (nSPS) is 12.9. The Bertz CT molecular complexity index is 738. The highest BCUT2D eigenvalue weighted by molar-refractivity contribution is 6.30. The topological polar surface area (TPSA) is 52.6 Å². The van der Waals surface area contributed by atoms with Crippen LogP contribution in [0.2, 0.25) is 5.02 Å². The second kappa shape index (κ2) is 9.39. The number of rotatable bonds is 8. The highest BCUT2D eigenvalue weighted by Gasteiger charge is 2.21. The highest BCUT2D eigenvalue weighted by atomic mass is 35.5. The summed E-state index contributed by atoms with van der Waals surface area (Å²) in [6.07, 6.45) is 0.324. The van der Waals surface area contributed by atoms with Crippen LogP contribution < -0.4 is 4.74 Å². The van der Waals surface area contributed by atoms with Gasteiger partial charge in [0, 0.05) is 22.9 Å². The number of ether oxygens (including phenoxy) is 2. The van der Waals surface area contributed by atoms with Crippen molar-refractivity contribution in [3.63, 3.8) is 0 Å². The van der Waals surface area contributed by atoms with Crippen LogP contribution in [-0.4, -0.2) is 25.5 Å². The van der Waals surface area contributed by atoms with Gasteiger partial charge in [-0.1, -0.05) is 37.6 Å². The molecule has 0 saturated carbocycles. The summed E-state index contributed by atoms with van der Waals surface area (Å²) in [5.41, 5.74) is 1.55. The lowest BCUT2D eigenvalue weighted by Crippen LogP contribution is -2.24. The molecule has 2 rings (SSSR count). The molecule has 2 unspecified atom stereocenters. The Hall–Kier alpha value is -2.33. The zero-order valence-electron chi connectivity index (χ0n) is 15.2. The van der Waals surface area contributed by atoms with Gasteiger partial charge < -0.3 is 9.47 Å². The average molecular weight is 375 g/mol. The highest BCUT2D eigenvalue weighted by Crippen LogP contribution is 2.18. The Morgan fingerprint density at radius 2 is 1.62 bits per heavy atom. The summed E-state index contributed by atoms with van der Waals surface area (Å²) in [5.74, 6) is 0.238. The molecule has 138 valence electrons. The minimum Gasteiger partial charge on any atom is -0.493 e. The van der Waals surface area contributed by atoms with Gasteiger partial charge in [0.25, 0.3) is 0 Å². The van der Waals surface area contributed by atoms with E-state index < -0.39 is 0 Å². The first-order valence-electron chi connectivity index (χ1n) is 8.49. The molecule has 0 spiro atoms. The molecule has 0 N–H and O–H groups in total. The van der Waals surface area contributed by atoms with Crippen molar-refractivity contribution in [2.45, 2.75) is 20.3 Å². The van der Waals surface area contributed by atoms with E-state index in [-0.39, 0.29) is 23.6 Å². The molecule has 0 radical (unpaired) electrons. The molecule has 4 nitrogen and oxygen atoms in total. The van der Waals surface area contributed by atoms with Crippen LogP contribution in [0, 0.1) is 11.8 Å². The third-order valence-electron chi connectivity index (χ3n) is 4.39. The maximum Gasteiger partial charge on any atom is 0.308 e. The third kappa shape index (κ3) is 5.60. The molecule has 26 heavy (non-hydrogen) atoms. The van der Waals surface area contributed by atoms with Crippen LogP contribution in [0.15, 0.2) is 48.5 Å². The van der Waals surface area contributed by atoms with E-state index in [0.717, 1.165) is 5.56 Å². The van der Waals surface area contributed by atoms with Gasteiger partial charge >= 0.3 is 5.97 Å². The van der Waals surface area contributed by atoms with E-state index in [1.165, 1.54) is 7.11 Å². The lowest BCUT2D eigenvalue weighted by atomic mass is 9.97. The molecule has 2 atom stereocenters. The molecular formula is C21H23ClO4. The number of halogens is 1. The smallest absolute Gasteiger partial charge is 0.308 e. The zero-order valence-corrected chi connectivity index (χ0v) is 16.0. The van der Waals surface area contributed by atoms with Crippen LogP contribution in [0.3, 0.4) is 0 Å². The van der Waals surface area contributed by atoms with Crippen molar-refractivity contribution >= 4 is 23.4 Å². The summed E-state index contributed by atoms with van der Waals surface area (Å²) >= 11 is 5.86. The van der Waals surface area contributed by atoms with Crippen LogP contribution in [0.5, 0.6) is 5.75 Å². The molecule has 0 fully saturated rings. The van der Waals surface area contributed by atoms with Gasteiger partial charge in [0.15, 0.2) is 5.78 Å². The lowest BCUT2D eigenvalue weighted by molar-refractivity contribution is -0.146. The first-order chi connectivity index (χ1) is 12.4. The van der Waals surface area contributed by atoms with Gasteiger partial charge in [-0.05, 0) is 42.0 Å². The molecule has 0 amide bonds. The molecule has 0 aliphatic heterocycles. The second-order valence-electron chi connectivity index (χ2n) is 6.35. The second-order valence-corrected chi connectivity index (χ2v) is 6.79. The molecule has 0 aliphatic rings. The fourth-order valence-electron chi connectivity index (χ4n) is 2.42. The van der Waals surface area contributed by atoms with Gasteiger partial charge in [0.05, 0.1) is 19.6 Å². The summed E-state index contributed by atoms with van der Waals surface area (Å²) in [5, 5.41) is 0.651. The van der Waals surface area contributed by atoms with Crippen LogP contribution in [0.4, 0.5) is 0 Å². The van der Waals surface area contributed by atoms with Gasteiger partial charge in [-0.2, -0.15) is 0 Å². The van der Waals surface area contributed by atoms with Crippen molar-refractivity contribution in [3.8, 4) is 5.75 Å². The van der Waals surface area contributed by atoms with Gasteiger partial charge in [0.2, 0.25) is 0 Å². The summed E-state index contributed by atoms with van der Waals surface area (Å²) in [6.45, 7) is 4.15. The Labute approximate surface area is 159 Å². The Kier molecular flexibility index (Phi) is 7.22. The summed E-state index contributed by atoms with van der Waals surface area (Å²) in [4.78, 5) is 23.9. The Morgan fingerprint density at radius 1 is 1.00 bits per heavy atom. The summed E-state index contributed by atoms with van der Waals surface area (Å²) in [7, 11) is 1.38. The van der Waals surface area contributed by atoms with E-state index in [4.69, 9.17) is 21.1 Å². The van der Waals surface area contributed by atoms with Crippen molar-refractivity contribution in [2.24, 2.45) is 11.8 Å². The third-order valence-corrected chi connectivity index (χ3v) is 4.65. The van der Waals surface area contributed by atoms with Crippen molar-refractivity contribution < 1.29 is 19.1 Å². The first kappa shape index (κ1) is 20.0. The quantitative estimate of drug-likeness (QED) is 0.501. The number of carbonyl (C=O) groups is 2. The SMILES string of the molecule is COC(=O)C(C)C(C)COc1ccc(C(=O)Cc2ccc(Cl)cc2)cc1. The fourth-order valence-corrected chi connectivity index (χ4v) is 2.54. The van der Waals surface area contributed by atoms with Gasteiger partial charge in [0.1, 0.15) is 5.75 Å². The minimum atomic E-state index is -0.246. The van der Waals surface area contributed by atoms with Crippen LogP contribution in [-0.2, 0) is 16.0 Å². The number of ketones is 1. The predicted molar refractivity (Wildman–Crippen MR) is 102 cm³/mol. The number of esters is 1. The van der Waals surface area contributed by atoms with E-state index in [2.05, 4.69) is 0 Å². The first-order valence-corrected chi connectivity index (χ1v) is 8.87. The molecule has 0 saturated heterocycles. The van der Waals surface area contributed by atoms with E-state index in [1.807, 2.05) is 26.0 Å². The van der Waals surface area contributed by atoms with Crippen LogP contribution in [0.1, 0.15) is 29.8 Å². The minimum absolute atomic E-state index is 0.0219. The van der Waals surface area contributed by atoms with Gasteiger partial charge in [-0.3, -0.25) is 9.59 Å². The Morgan fingerprint density at radius 3 is 2.19 bits per heavy atom. The largest absolute Gasteiger partial charge is 0.493 e. The van der Waals surface area contributed by atoms with Crippen molar-refractivity contribution in [1.82, 2.24) is 0 Å². The summed E-state index contributed by atoms with van der Waals surface area (Å²) < 4.78 is 10.5. The predicted octanol–water partition coefficient (Wildman–Crippen LogP) is 4.59. The van der Waals surface area contributed by atoms with Gasteiger partial charge in [-0.25, -0.2) is 0 Å². The van der Waals surface area contributed by atoms with Crippen molar-refractivity contribution in [3.05, 3.63) is 64.7 Å². The van der Waals surface area contributed by atoms with Crippen LogP contribution >= 0.6 is 11.6 Å². The fraction of sp³-hybridized carbons (Fsp3) is 0.333. The molecule has 5 heteroatoms. The van der Waals surface area contributed by atoms with E-state index in [0.29, 0.717) is 29.4 Å². The Balaban J connectivity index is 1.90. The molecule has 2 aromatic rings. The maximum atomic E-state index is 12.3. The standard InChI is InChI=1S/C21H23ClO4/c1-14(15(2)21(24)25-3)13-26-19-10-6-17(7-11-19)20(23)12-16-4-8-18(22)9-5-16/h4-11,14-15H,12-13H2,1-3H3. The number of benzene rings is 2. The molecule has 2 aromatic carbocycles. The number of carbonyl (C=O) groups excluding carboxylic acids is 2. The van der Waals surface area contributed by atoms with E-state index in [9.17, 15) is 9.59 Å². The zero-order chi connectivity index (χ0) is 19.1. The summed E-state index contributed by atoms with van der Waals surface area (Å²) in [6, 6.07) is 14.3. The molecular weight excluding hydrogens is 352 g/mol. The maximum absolute atomic E-state index is 12.3. The average Bonchev–Trinajstić information content (AvgIpc) is 2.67. The van der Waals surface area contributed by atoms with Gasteiger partial charge in [-0.15, -0.1) is 0 Å². The molecule has 0 aliphatic carbocycles. The molecule has 0 heterocycles. The van der Waals surface area contributed by atoms with E-state index in [1.54, 1.807) is 36.4 Å². The number of hydrogen-bond acceptors (Lipinski definition) is 4. The van der Waals surface area contributed by atoms with Crippen molar-refractivity contribution in [1.29, 1.82) is 0 Å². The van der Waals surface area contributed by atoms with Crippen molar-refractivity contribution in [2.75, 3.05) is 13.7 Å². The molecule has 0 aromatic heterocycles. The lowest BCUT2D eigenvalue weighted by Gasteiger charge is -2.18. The van der Waals surface area contributed by atoms with E-state index >= 15 is 0 Å². The number of hydrogen-bond donors (Lipinski definition) is 0.